The summed E-state index contributed by atoms with van der Waals surface area (Å²) >= 11 is 4.87. The van der Waals surface area contributed by atoms with E-state index in [1.165, 1.54) is 0 Å². The number of rotatable bonds is 1. The van der Waals surface area contributed by atoms with Gasteiger partial charge in [0.05, 0.1) is 4.47 Å². The van der Waals surface area contributed by atoms with Gasteiger partial charge in [-0.3, -0.25) is 0 Å². The highest BCUT2D eigenvalue weighted by molar-refractivity contribution is 9.10. The maximum Gasteiger partial charge on any atom is 0.129 e. The third-order valence-electron chi connectivity index (χ3n) is 1.15. The highest BCUT2D eigenvalue weighted by Crippen LogP contribution is 2.27. The number of phenols is 1. The second-order valence-corrected chi connectivity index (χ2v) is 3.55. The third kappa shape index (κ3) is 1.67. The SMILES string of the molecule is CSc1ccc(O)c(Br)c1. The van der Waals surface area contributed by atoms with E-state index in [0.29, 0.717) is 0 Å². The minimum absolute atomic E-state index is 0.290. The topological polar surface area (TPSA) is 20.2 Å². The first-order valence-electron chi connectivity index (χ1n) is 2.76. The van der Waals surface area contributed by atoms with Crippen LogP contribution in [0.2, 0.25) is 0 Å². The second-order valence-electron chi connectivity index (χ2n) is 1.82. The molecule has 1 nitrogen and oxygen atoms in total. The molecule has 0 unspecified atom stereocenters. The van der Waals surface area contributed by atoms with Crippen LogP contribution in [0.4, 0.5) is 0 Å². The van der Waals surface area contributed by atoms with E-state index < -0.39 is 0 Å². The van der Waals surface area contributed by atoms with Crippen molar-refractivity contribution in [3.8, 4) is 5.75 Å². The van der Waals surface area contributed by atoms with Crippen molar-refractivity contribution in [1.29, 1.82) is 0 Å². The number of halogens is 1. The van der Waals surface area contributed by atoms with Crippen molar-refractivity contribution >= 4 is 27.7 Å². The molecule has 0 aliphatic carbocycles. The molecule has 0 aliphatic heterocycles. The van der Waals surface area contributed by atoms with Crippen molar-refractivity contribution in [3.05, 3.63) is 22.7 Å². The van der Waals surface area contributed by atoms with Crippen molar-refractivity contribution in [1.82, 2.24) is 0 Å². The molecule has 0 atom stereocenters. The Morgan fingerprint density at radius 3 is 2.70 bits per heavy atom. The molecule has 0 aliphatic rings. The molecule has 1 N–H and O–H groups in total. The molecule has 3 heteroatoms. The van der Waals surface area contributed by atoms with E-state index in [4.69, 9.17) is 5.11 Å². The van der Waals surface area contributed by atoms with Gasteiger partial charge in [-0.2, -0.15) is 0 Å². The van der Waals surface area contributed by atoms with Gasteiger partial charge in [0.2, 0.25) is 0 Å². The van der Waals surface area contributed by atoms with E-state index in [9.17, 15) is 0 Å². The lowest BCUT2D eigenvalue weighted by atomic mass is 10.3. The number of thioether (sulfide) groups is 1. The molecular formula is C7H7BrOS. The Morgan fingerprint density at radius 1 is 1.50 bits per heavy atom. The highest BCUT2D eigenvalue weighted by Gasteiger charge is 1.96. The summed E-state index contributed by atoms with van der Waals surface area (Å²) < 4.78 is 0.749. The minimum Gasteiger partial charge on any atom is -0.507 e. The molecule has 0 spiro atoms. The number of hydrogen-bond acceptors (Lipinski definition) is 2. The maximum absolute atomic E-state index is 9.08. The zero-order valence-electron chi connectivity index (χ0n) is 5.47. The van der Waals surface area contributed by atoms with E-state index in [-0.39, 0.29) is 5.75 Å². The van der Waals surface area contributed by atoms with Gasteiger partial charge < -0.3 is 5.11 Å². The van der Waals surface area contributed by atoms with Gasteiger partial charge in [0.15, 0.2) is 0 Å². The minimum atomic E-state index is 0.290. The van der Waals surface area contributed by atoms with E-state index in [2.05, 4.69) is 15.9 Å². The quantitative estimate of drug-likeness (QED) is 0.733. The standard InChI is InChI=1S/C7H7BrOS/c1-10-5-2-3-7(9)6(8)4-5/h2-4,9H,1H3. The van der Waals surface area contributed by atoms with Crippen LogP contribution < -0.4 is 0 Å². The van der Waals surface area contributed by atoms with Crippen LogP contribution in [-0.4, -0.2) is 11.4 Å². The van der Waals surface area contributed by atoms with Gasteiger partial charge in [-0.25, -0.2) is 0 Å². The Kier molecular flexibility index (Phi) is 2.63. The van der Waals surface area contributed by atoms with Crippen LogP contribution in [0.3, 0.4) is 0 Å². The Bertz CT molecular complexity index is 237. The van der Waals surface area contributed by atoms with Gasteiger partial charge >= 0.3 is 0 Å². The average molecular weight is 219 g/mol. The lowest BCUT2D eigenvalue weighted by molar-refractivity contribution is 0.471. The van der Waals surface area contributed by atoms with Crippen LogP contribution in [0, 0.1) is 0 Å². The fourth-order valence-electron chi connectivity index (χ4n) is 0.615. The van der Waals surface area contributed by atoms with Crippen molar-refractivity contribution in [2.24, 2.45) is 0 Å². The van der Waals surface area contributed by atoms with Crippen molar-refractivity contribution < 1.29 is 5.11 Å². The van der Waals surface area contributed by atoms with E-state index >= 15 is 0 Å². The van der Waals surface area contributed by atoms with E-state index in [1.54, 1.807) is 17.8 Å². The summed E-state index contributed by atoms with van der Waals surface area (Å²) in [5, 5.41) is 9.08. The molecular weight excluding hydrogens is 212 g/mol. The molecule has 0 saturated carbocycles. The monoisotopic (exact) mass is 218 g/mol. The number of aromatic hydroxyl groups is 1. The first-order valence-corrected chi connectivity index (χ1v) is 4.78. The summed E-state index contributed by atoms with van der Waals surface area (Å²) in [5.41, 5.74) is 0. The summed E-state index contributed by atoms with van der Waals surface area (Å²) in [6.07, 6.45) is 2.00. The van der Waals surface area contributed by atoms with Gasteiger partial charge in [-0.05, 0) is 40.4 Å². The fourth-order valence-corrected chi connectivity index (χ4v) is 1.58. The van der Waals surface area contributed by atoms with Crippen molar-refractivity contribution in [2.75, 3.05) is 6.26 Å². The van der Waals surface area contributed by atoms with E-state index in [1.807, 2.05) is 18.4 Å². The zero-order chi connectivity index (χ0) is 7.56. The Morgan fingerprint density at radius 2 is 2.20 bits per heavy atom. The Labute approximate surface area is 72.6 Å². The normalized spacial score (nSPS) is 9.80. The molecule has 0 heterocycles. The summed E-state index contributed by atoms with van der Waals surface area (Å²) in [4.78, 5) is 1.14. The van der Waals surface area contributed by atoms with Gasteiger partial charge in [-0.1, -0.05) is 0 Å². The molecule has 0 fully saturated rings. The summed E-state index contributed by atoms with van der Waals surface area (Å²) in [6.45, 7) is 0. The zero-order valence-corrected chi connectivity index (χ0v) is 7.87. The lowest BCUT2D eigenvalue weighted by Crippen LogP contribution is -1.70. The number of hydrogen-bond donors (Lipinski definition) is 1. The molecule has 0 radical (unpaired) electrons. The van der Waals surface area contributed by atoms with Crippen LogP contribution in [0.1, 0.15) is 0 Å². The summed E-state index contributed by atoms with van der Waals surface area (Å²) in [6, 6.07) is 5.45. The predicted octanol–water partition coefficient (Wildman–Crippen LogP) is 2.88. The number of phenolic OH excluding ortho intramolecular Hbond substituents is 1. The maximum atomic E-state index is 9.08. The van der Waals surface area contributed by atoms with Gasteiger partial charge in [0.1, 0.15) is 5.75 Å². The second kappa shape index (κ2) is 3.30. The Balaban J connectivity index is 3.04. The largest absolute Gasteiger partial charge is 0.507 e. The van der Waals surface area contributed by atoms with Crippen molar-refractivity contribution in [3.63, 3.8) is 0 Å². The lowest BCUT2D eigenvalue weighted by Gasteiger charge is -1.98. The molecule has 10 heavy (non-hydrogen) atoms. The Hall–Kier alpha value is -0.150. The molecule has 0 amide bonds. The fraction of sp³-hybridized carbons (Fsp3) is 0.143. The predicted molar refractivity (Wildman–Crippen MR) is 47.6 cm³/mol. The molecule has 1 aromatic rings. The van der Waals surface area contributed by atoms with Crippen LogP contribution in [0.15, 0.2) is 27.6 Å². The molecule has 1 rings (SSSR count). The first kappa shape index (κ1) is 7.95. The van der Waals surface area contributed by atoms with Gasteiger partial charge in [-0.15, -0.1) is 11.8 Å². The summed E-state index contributed by atoms with van der Waals surface area (Å²) in [7, 11) is 0. The molecule has 54 valence electrons. The van der Waals surface area contributed by atoms with Crippen LogP contribution in [0.25, 0.3) is 0 Å². The van der Waals surface area contributed by atoms with E-state index in [0.717, 1.165) is 9.37 Å². The van der Waals surface area contributed by atoms with Crippen molar-refractivity contribution in [2.45, 2.75) is 4.90 Å². The molecule has 0 aromatic heterocycles. The summed E-state index contributed by atoms with van der Waals surface area (Å²) in [5.74, 6) is 0.290. The highest BCUT2D eigenvalue weighted by atomic mass is 79.9. The van der Waals surface area contributed by atoms with Gasteiger partial charge in [0, 0.05) is 4.90 Å². The van der Waals surface area contributed by atoms with Crippen LogP contribution in [0.5, 0.6) is 5.75 Å². The third-order valence-corrected chi connectivity index (χ3v) is 2.52. The van der Waals surface area contributed by atoms with Gasteiger partial charge in [0.25, 0.3) is 0 Å². The van der Waals surface area contributed by atoms with Crippen LogP contribution >= 0.6 is 27.7 Å². The smallest absolute Gasteiger partial charge is 0.129 e. The molecule has 1 aromatic carbocycles. The first-order chi connectivity index (χ1) is 4.74. The average Bonchev–Trinajstić information content (AvgIpc) is 1.95. The van der Waals surface area contributed by atoms with Crippen LogP contribution in [-0.2, 0) is 0 Å². The number of benzene rings is 1. The molecule has 0 saturated heterocycles. The molecule has 0 bridgehead atoms.